The van der Waals surface area contributed by atoms with Crippen molar-refractivity contribution in [3.8, 4) is 0 Å². The minimum atomic E-state index is 0.261. The molecule has 0 radical (unpaired) electrons. The predicted molar refractivity (Wildman–Crippen MR) is 83.9 cm³/mol. The van der Waals surface area contributed by atoms with E-state index in [1.165, 1.54) is 44.6 Å². The second-order valence-corrected chi connectivity index (χ2v) is 6.00. The van der Waals surface area contributed by atoms with Crippen LogP contribution in [0, 0.1) is 0 Å². The molecule has 4 nitrogen and oxygen atoms in total. The van der Waals surface area contributed by atoms with E-state index in [0.717, 1.165) is 6.42 Å². The number of likely N-dealkylation sites (tertiary alicyclic amines) is 1. The Kier molecular flexibility index (Phi) is 5.22. The summed E-state index contributed by atoms with van der Waals surface area (Å²) in [5, 5.41) is 3.59. The molecule has 1 N–H and O–H groups in total. The lowest BCUT2D eigenvalue weighted by Gasteiger charge is -2.47. The van der Waals surface area contributed by atoms with Crippen LogP contribution in [0.3, 0.4) is 0 Å². The Morgan fingerprint density at radius 1 is 1.30 bits per heavy atom. The van der Waals surface area contributed by atoms with Crippen molar-refractivity contribution in [3.05, 3.63) is 18.2 Å². The van der Waals surface area contributed by atoms with Crippen molar-refractivity contribution in [2.24, 2.45) is 7.05 Å². The minimum Gasteiger partial charge on any atom is -0.338 e. The lowest BCUT2D eigenvalue weighted by molar-refractivity contribution is 0.0640. The average Bonchev–Trinajstić information content (AvgIpc) is 3.12. The summed E-state index contributed by atoms with van der Waals surface area (Å²) in [5.74, 6) is 1.18. The highest BCUT2D eigenvalue weighted by molar-refractivity contribution is 5.05. The molecule has 1 aliphatic rings. The van der Waals surface area contributed by atoms with Gasteiger partial charge in [-0.2, -0.15) is 0 Å². The molecule has 0 aromatic carbocycles. The van der Waals surface area contributed by atoms with Gasteiger partial charge in [-0.05, 0) is 45.8 Å². The molecule has 0 saturated carbocycles. The van der Waals surface area contributed by atoms with Gasteiger partial charge < -0.3 is 9.88 Å². The third-order valence-corrected chi connectivity index (χ3v) is 5.27. The molecule has 1 saturated heterocycles. The Labute approximate surface area is 123 Å². The molecule has 2 rings (SSSR count). The molecule has 1 aliphatic heterocycles. The Bertz CT molecular complexity index is 402. The number of nitrogens with one attached hydrogen (secondary N) is 1. The zero-order valence-electron chi connectivity index (χ0n) is 13.5. The molecule has 1 unspecified atom stereocenters. The first-order valence-electron chi connectivity index (χ1n) is 8.06. The molecular weight excluding hydrogens is 248 g/mol. The number of aromatic nitrogens is 2. The van der Waals surface area contributed by atoms with Crippen molar-refractivity contribution in [1.29, 1.82) is 0 Å². The third kappa shape index (κ3) is 2.77. The summed E-state index contributed by atoms with van der Waals surface area (Å²) in [4.78, 5) is 7.24. The maximum atomic E-state index is 4.52. The topological polar surface area (TPSA) is 33.1 Å². The van der Waals surface area contributed by atoms with Crippen LogP contribution in [-0.2, 0) is 13.5 Å². The van der Waals surface area contributed by atoms with Crippen LogP contribution < -0.4 is 5.32 Å². The maximum Gasteiger partial charge on any atom is 0.109 e. The fourth-order valence-electron chi connectivity index (χ4n) is 3.91. The molecule has 1 atom stereocenters. The van der Waals surface area contributed by atoms with Gasteiger partial charge >= 0.3 is 0 Å². The number of imidazole rings is 1. The quantitative estimate of drug-likeness (QED) is 0.830. The SMILES string of the molecule is CCC(CC)(C(Cc1nccn1C)NC)N1CCCC1. The first kappa shape index (κ1) is 15.5. The van der Waals surface area contributed by atoms with E-state index in [4.69, 9.17) is 0 Å². The molecule has 4 heteroatoms. The summed E-state index contributed by atoms with van der Waals surface area (Å²) >= 11 is 0. The van der Waals surface area contributed by atoms with Crippen LogP contribution in [0.5, 0.6) is 0 Å². The first-order chi connectivity index (χ1) is 9.67. The summed E-state index contributed by atoms with van der Waals surface area (Å²) < 4.78 is 2.14. The Morgan fingerprint density at radius 3 is 2.40 bits per heavy atom. The van der Waals surface area contributed by atoms with Crippen molar-refractivity contribution in [2.75, 3.05) is 20.1 Å². The van der Waals surface area contributed by atoms with E-state index in [1.54, 1.807) is 0 Å². The Morgan fingerprint density at radius 2 is 1.95 bits per heavy atom. The van der Waals surface area contributed by atoms with E-state index < -0.39 is 0 Å². The standard InChI is InChI=1S/C16H30N4/c1-5-16(6-2,20-10-7-8-11-20)14(17-3)13-15-18-9-12-19(15)4/h9,12,14,17H,5-8,10-11,13H2,1-4H3. The molecule has 0 aliphatic carbocycles. The number of hydrogen-bond acceptors (Lipinski definition) is 3. The highest BCUT2D eigenvalue weighted by Crippen LogP contribution is 2.32. The van der Waals surface area contributed by atoms with E-state index in [0.29, 0.717) is 6.04 Å². The number of aryl methyl sites for hydroxylation is 1. The highest BCUT2D eigenvalue weighted by atomic mass is 15.2. The second-order valence-electron chi connectivity index (χ2n) is 6.00. The van der Waals surface area contributed by atoms with Crippen LogP contribution in [0.1, 0.15) is 45.4 Å². The number of likely N-dealkylation sites (N-methyl/N-ethyl adjacent to an activating group) is 1. The van der Waals surface area contributed by atoms with Gasteiger partial charge in [-0.15, -0.1) is 0 Å². The van der Waals surface area contributed by atoms with E-state index in [9.17, 15) is 0 Å². The van der Waals surface area contributed by atoms with Crippen molar-refractivity contribution in [2.45, 2.75) is 57.5 Å². The van der Waals surface area contributed by atoms with Gasteiger partial charge in [0.05, 0.1) is 0 Å². The van der Waals surface area contributed by atoms with Gasteiger partial charge in [-0.3, -0.25) is 4.90 Å². The molecule has 0 amide bonds. The van der Waals surface area contributed by atoms with Gasteiger partial charge in [0.1, 0.15) is 5.82 Å². The van der Waals surface area contributed by atoms with Gasteiger partial charge in [0.25, 0.3) is 0 Å². The lowest BCUT2D eigenvalue weighted by Crippen LogP contribution is -2.60. The smallest absolute Gasteiger partial charge is 0.109 e. The molecule has 1 fully saturated rings. The molecular formula is C16H30N4. The van der Waals surface area contributed by atoms with Crippen molar-refractivity contribution >= 4 is 0 Å². The highest BCUT2D eigenvalue weighted by Gasteiger charge is 2.41. The van der Waals surface area contributed by atoms with Crippen molar-refractivity contribution in [1.82, 2.24) is 19.8 Å². The summed E-state index contributed by atoms with van der Waals surface area (Å²) in [5.41, 5.74) is 0.261. The summed E-state index contributed by atoms with van der Waals surface area (Å²) in [6.45, 7) is 7.18. The third-order valence-electron chi connectivity index (χ3n) is 5.27. The lowest BCUT2D eigenvalue weighted by atomic mass is 9.81. The number of hydrogen-bond donors (Lipinski definition) is 1. The summed E-state index contributed by atoms with van der Waals surface area (Å²) in [7, 11) is 4.19. The molecule has 0 bridgehead atoms. The van der Waals surface area contributed by atoms with Gasteiger partial charge in [0.15, 0.2) is 0 Å². The van der Waals surface area contributed by atoms with Gasteiger partial charge in [0.2, 0.25) is 0 Å². The van der Waals surface area contributed by atoms with Crippen LogP contribution in [0.4, 0.5) is 0 Å². The molecule has 20 heavy (non-hydrogen) atoms. The fraction of sp³-hybridized carbons (Fsp3) is 0.812. The molecule has 1 aromatic heterocycles. The van der Waals surface area contributed by atoms with Gasteiger partial charge in [-0.25, -0.2) is 4.98 Å². The zero-order chi connectivity index (χ0) is 14.6. The normalized spacial score (nSPS) is 18.6. The Hall–Kier alpha value is -0.870. The first-order valence-corrected chi connectivity index (χ1v) is 8.06. The minimum absolute atomic E-state index is 0.261. The van der Waals surface area contributed by atoms with E-state index in [2.05, 4.69) is 47.7 Å². The number of rotatable bonds is 7. The summed E-state index contributed by atoms with van der Waals surface area (Å²) in [6.07, 6.45) is 10.0. The van der Waals surface area contributed by atoms with Crippen LogP contribution in [-0.4, -0.2) is 46.2 Å². The molecule has 0 spiro atoms. The number of nitrogens with zero attached hydrogens (tertiary/aromatic N) is 3. The van der Waals surface area contributed by atoms with Crippen LogP contribution in [0.25, 0.3) is 0 Å². The summed E-state index contributed by atoms with van der Waals surface area (Å²) in [6, 6.07) is 0.455. The zero-order valence-corrected chi connectivity index (χ0v) is 13.5. The van der Waals surface area contributed by atoms with Gasteiger partial charge in [0, 0.05) is 37.4 Å². The van der Waals surface area contributed by atoms with E-state index >= 15 is 0 Å². The van der Waals surface area contributed by atoms with Crippen LogP contribution >= 0.6 is 0 Å². The maximum absolute atomic E-state index is 4.52. The predicted octanol–water partition coefficient (Wildman–Crippen LogP) is 2.21. The van der Waals surface area contributed by atoms with Crippen molar-refractivity contribution < 1.29 is 0 Å². The molecule has 114 valence electrons. The fourth-order valence-corrected chi connectivity index (χ4v) is 3.91. The average molecular weight is 278 g/mol. The molecule has 1 aromatic rings. The monoisotopic (exact) mass is 278 g/mol. The Balaban J connectivity index is 2.22. The van der Waals surface area contributed by atoms with E-state index in [-0.39, 0.29) is 5.54 Å². The van der Waals surface area contributed by atoms with Crippen LogP contribution in [0.2, 0.25) is 0 Å². The molecule has 2 heterocycles. The largest absolute Gasteiger partial charge is 0.338 e. The van der Waals surface area contributed by atoms with E-state index in [1.807, 2.05) is 12.4 Å². The van der Waals surface area contributed by atoms with Crippen molar-refractivity contribution in [3.63, 3.8) is 0 Å². The van der Waals surface area contributed by atoms with Crippen LogP contribution in [0.15, 0.2) is 12.4 Å². The second kappa shape index (κ2) is 6.72. The van der Waals surface area contributed by atoms with Gasteiger partial charge in [-0.1, -0.05) is 13.8 Å².